The maximum absolute atomic E-state index is 11.9. The lowest BCUT2D eigenvalue weighted by Crippen LogP contribution is -2.12. The molecule has 138 valence electrons. The van der Waals surface area contributed by atoms with Crippen LogP contribution in [-0.4, -0.2) is 39.0 Å². The zero-order chi connectivity index (χ0) is 19.8. The molecule has 0 aliphatic rings. The van der Waals surface area contributed by atoms with Gasteiger partial charge in [0.2, 0.25) is 11.8 Å². The first-order valence-corrected chi connectivity index (χ1v) is 8.20. The third-order valence-electron chi connectivity index (χ3n) is 3.00. The van der Waals surface area contributed by atoms with Gasteiger partial charge in [-0.3, -0.25) is 14.6 Å². The van der Waals surface area contributed by atoms with Gasteiger partial charge in [0.1, 0.15) is 0 Å². The third-order valence-corrected chi connectivity index (χ3v) is 3.80. The predicted molar refractivity (Wildman–Crippen MR) is 98.4 cm³/mol. The van der Waals surface area contributed by atoms with E-state index in [-0.39, 0.29) is 0 Å². The third kappa shape index (κ3) is 6.21. The van der Waals surface area contributed by atoms with Gasteiger partial charge in [0.05, 0.1) is 16.1 Å². The number of nitrogens with one attached hydrogen (secondary N) is 2. The first-order chi connectivity index (χ1) is 12.8. The maximum atomic E-state index is 11.9. The van der Waals surface area contributed by atoms with Crippen LogP contribution in [0, 0.1) is 0 Å². The summed E-state index contributed by atoms with van der Waals surface area (Å²) in [6.07, 6.45) is 4.70. The van der Waals surface area contributed by atoms with Gasteiger partial charge in [0.25, 0.3) is 0 Å². The molecular formula is C17H13N3O6S. The summed E-state index contributed by atoms with van der Waals surface area (Å²) in [5, 5.41) is 22.1. The monoisotopic (exact) mass is 387 g/mol. The van der Waals surface area contributed by atoms with Crippen molar-refractivity contribution in [2.24, 2.45) is 0 Å². The Kier molecular flexibility index (Phi) is 6.55. The number of nitrogens with zero attached hydrogens (tertiary/aromatic N) is 1. The molecule has 0 saturated carbocycles. The highest BCUT2D eigenvalue weighted by atomic mass is 32.1. The van der Waals surface area contributed by atoms with Crippen LogP contribution in [0.5, 0.6) is 0 Å². The Labute approximate surface area is 156 Å². The summed E-state index contributed by atoms with van der Waals surface area (Å²) in [4.78, 5) is 49.3. The molecular weight excluding hydrogens is 374 g/mol. The van der Waals surface area contributed by atoms with Crippen LogP contribution in [0.15, 0.2) is 54.2 Å². The molecule has 4 N–H and O–H groups in total. The standard InChI is InChI=1S/C17H13N3O6S/c21-14(3-5-16(23)24)19-10-1-2-11(13-8-18-9-27-13)12(7-10)20-15(22)4-6-17(25)26/h1-9H,(H,19,21)(H,20,22)(H,23,24)(H,25,26)/b5-3-,6-4-. The highest BCUT2D eigenvalue weighted by molar-refractivity contribution is 7.13. The van der Waals surface area contributed by atoms with Crippen molar-refractivity contribution < 1.29 is 29.4 Å². The number of hydrogen-bond acceptors (Lipinski definition) is 6. The van der Waals surface area contributed by atoms with Crippen LogP contribution in [-0.2, 0) is 19.2 Å². The predicted octanol–water partition coefficient (Wildman–Crippen LogP) is 1.97. The fourth-order valence-electron chi connectivity index (χ4n) is 1.94. The van der Waals surface area contributed by atoms with E-state index in [4.69, 9.17) is 10.2 Å². The topological polar surface area (TPSA) is 146 Å². The lowest BCUT2D eigenvalue weighted by atomic mass is 10.1. The summed E-state index contributed by atoms with van der Waals surface area (Å²) in [6.45, 7) is 0. The number of carboxylic acid groups (broad SMARTS) is 2. The van der Waals surface area contributed by atoms with Crippen LogP contribution in [0.2, 0.25) is 0 Å². The van der Waals surface area contributed by atoms with Crippen molar-refractivity contribution in [2.45, 2.75) is 0 Å². The van der Waals surface area contributed by atoms with Crippen LogP contribution in [0.25, 0.3) is 10.4 Å². The highest BCUT2D eigenvalue weighted by Gasteiger charge is 2.11. The number of rotatable bonds is 7. The molecule has 1 aromatic carbocycles. The second-order valence-corrected chi connectivity index (χ2v) is 5.83. The molecule has 0 unspecified atom stereocenters. The molecule has 2 amide bonds. The van der Waals surface area contributed by atoms with Crippen LogP contribution >= 0.6 is 11.3 Å². The number of thiazole rings is 1. The van der Waals surface area contributed by atoms with Gasteiger partial charge in [-0.05, 0) is 18.2 Å². The van der Waals surface area contributed by atoms with Crippen molar-refractivity contribution in [1.29, 1.82) is 0 Å². The van der Waals surface area contributed by atoms with Gasteiger partial charge < -0.3 is 20.8 Å². The lowest BCUT2D eigenvalue weighted by Gasteiger charge is -2.11. The van der Waals surface area contributed by atoms with E-state index in [1.807, 2.05) is 0 Å². The van der Waals surface area contributed by atoms with E-state index in [1.54, 1.807) is 23.8 Å². The maximum Gasteiger partial charge on any atom is 0.328 e. The number of carbonyl (C=O) groups is 4. The molecule has 1 heterocycles. The summed E-state index contributed by atoms with van der Waals surface area (Å²) < 4.78 is 0. The number of aliphatic carboxylic acids is 2. The summed E-state index contributed by atoms with van der Waals surface area (Å²) in [5.41, 5.74) is 2.85. The minimum atomic E-state index is -1.26. The summed E-state index contributed by atoms with van der Waals surface area (Å²) in [5.74, 6) is -3.86. The van der Waals surface area contributed by atoms with Crippen LogP contribution in [0.3, 0.4) is 0 Å². The zero-order valence-corrected chi connectivity index (χ0v) is 14.4. The van der Waals surface area contributed by atoms with E-state index >= 15 is 0 Å². The van der Waals surface area contributed by atoms with E-state index in [1.165, 1.54) is 17.4 Å². The van der Waals surface area contributed by atoms with Crippen LogP contribution < -0.4 is 10.6 Å². The molecule has 0 spiro atoms. The molecule has 10 heteroatoms. The summed E-state index contributed by atoms with van der Waals surface area (Å²) >= 11 is 1.33. The second kappa shape index (κ2) is 9.06. The van der Waals surface area contributed by atoms with Gasteiger partial charge >= 0.3 is 11.9 Å². The average Bonchev–Trinajstić information content (AvgIpc) is 3.13. The molecule has 0 radical (unpaired) electrons. The molecule has 1 aromatic heterocycles. The number of carboxylic acids is 2. The van der Waals surface area contributed by atoms with Crippen molar-refractivity contribution in [3.8, 4) is 10.4 Å². The quantitative estimate of drug-likeness (QED) is 0.531. The second-order valence-electron chi connectivity index (χ2n) is 4.95. The van der Waals surface area contributed by atoms with Crippen molar-refractivity contribution in [1.82, 2.24) is 4.98 Å². The smallest absolute Gasteiger partial charge is 0.328 e. The highest BCUT2D eigenvalue weighted by Crippen LogP contribution is 2.33. The molecule has 0 aliphatic heterocycles. The van der Waals surface area contributed by atoms with Gasteiger partial charge in [-0.25, -0.2) is 9.59 Å². The fourth-order valence-corrected chi connectivity index (χ4v) is 2.60. The molecule has 9 nitrogen and oxygen atoms in total. The normalized spacial score (nSPS) is 10.8. The fraction of sp³-hybridized carbons (Fsp3) is 0. The molecule has 27 heavy (non-hydrogen) atoms. The van der Waals surface area contributed by atoms with E-state index < -0.39 is 23.8 Å². The Hall–Kier alpha value is -3.79. The lowest BCUT2D eigenvalue weighted by molar-refractivity contribution is -0.132. The number of aromatic nitrogens is 1. The molecule has 0 atom stereocenters. The molecule has 0 saturated heterocycles. The van der Waals surface area contributed by atoms with Crippen molar-refractivity contribution >= 4 is 46.5 Å². The number of hydrogen-bond donors (Lipinski definition) is 4. The Morgan fingerprint density at radius 2 is 1.56 bits per heavy atom. The van der Waals surface area contributed by atoms with Gasteiger partial charge in [0, 0.05) is 41.8 Å². The van der Waals surface area contributed by atoms with Crippen molar-refractivity contribution in [3.05, 3.63) is 54.2 Å². The number of carbonyl (C=O) groups excluding carboxylic acids is 2. The van der Waals surface area contributed by atoms with Gasteiger partial charge in [0.15, 0.2) is 0 Å². The van der Waals surface area contributed by atoms with Crippen LogP contribution in [0.1, 0.15) is 0 Å². The minimum absolute atomic E-state index is 0.306. The van der Waals surface area contributed by atoms with Crippen molar-refractivity contribution in [2.75, 3.05) is 10.6 Å². The van der Waals surface area contributed by atoms with Crippen LogP contribution in [0.4, 0.5) is 11.4 Å². The number of anilines is 2. The minimum Gasteiger partial charge on any atom is -0.478 e. The van der Waals surface area contributed by atoms with Gasteiger partial charge in [-0.2, -0.15) is 0 Å². The molecule has 0 aliphatic carbocycles. The molecule has 0 fully saturated rings. The first-order valence-electron chi connectivity index (χ1n) is 7.32. The zero-order valence-electron chi connectivity index (χ0n) is 13.6. The van der Waals surface area contributed by atoms with Gasteiger partial charge in [-0.1, -0.05) is 0 Å². The average molecular weight is 387 g/mol. The summed E-state index contributed by atoms with van der Waals surface area (Å²) in [6, 6.07) is 4.68. The van der Waals surface area contributed by atoms with Crippen molar-refractivity contribution in [3.63, 3.8) is 0 Å². The Balaban J connectivity index is 2.29. The Morgan fingerprint density at radius 1 is 0.926 bits per heavy atom. The molecule has 2 rings (SSSR count). The number of amides is 2. The SMILES string of the molecule is O=C(O)/C=C\C(=O)Nc1ccc(-c2cncs2)c(NC(=O)/C=C\C(=O)O)c1. The number of benzene rings is 1. The van der Waals surface area contributed by atoms with E-state index in [0.29, 0.717) is 29.1 Å². The Bertz CT molecular complexity index is 934. The first kappa shape index (κ1) is 19.5. The molecule has 2 aromatic rings. The van der Waals surface area contributed by atoms with E-state index in [0.717, 1.165) is 17.0 Å². The largest absolute Gasteiger partial charge is 0.478 e. The Morgan fingerprint density at radius 3 is 2.11 bits per heavy atom. The molecule has 0 bridgehead atoms. The van der Waals surface area contributed by atoms with E-state index in [2.05, 4.69) is 15.6 Å². The van der Waals surface area contributed by atoms with E-state index in [9.17, 15) is 19.2 Å². The van der Waals surface area contributed by atoms with Gasteiger partial charge in [-0.15, -0.1) is 11.3 Å². The summed E-state index contributed by atoms with van der Waals surface area (Å²) in [7, 11) is 0.